The summed E-state index contributed by atoms with van der Waals surface area (Å²) in [4.78, 5) is 0. The lowest BCUT2D eigenvalue weighted by Gasteiger charge is -1.79. The molecule has 0 aromatic carbocycles. The minimum Gasteiger partial charge on any atom is -0.161 e. The van der Waals surface area contributed by atoms with Gasteiger partial charge in [-0.1, -0.05) is 0 Å². The van der Waals surface area contributed by atoms with Crippen molar-refractivity contribution in [2.45, 2.75) is 0 Å². The van der Waals surface area contributed by atoms with Crippen molar-refractivity contribution in [1.29, 1.82) is 0 Å². The fourth-order valence-electron chi connectivity index (χ4n) is 0. The molecule has 0 rings (SSSR count). The van der Waals surface area contributed by atoms with Crippen LogP contribution in [0.15, 0.2) is 0 Å². The van der Waals surface area contributed by atoms with Gasteiger partial charge in [0.05, 0.1) is 4.55 Å². The van der Waals surface area contributed by atoms with Crippen LogP contribution in [-0.2, 0) is 23.5 Å². The second kappa shape index (κ2) is 1.65. The molecule has 1 unspecified atom stereocenters. The number of hydrogen-bond acceptors (Lipinski definition) is 3. The summed E-state index contributed by atoms with van der Waals surface area (Å²) < 4.78 is 22.7. The van der Waals surface area contributed by atoms with E-state index in [1.54, 1.807) is 0 Å². The van der Waals surface area contributed by atoms with Gasteiger partial charge in [0.1, 0.15) is 0 Å². The molecule has 6 heavy (non-hydrogen) atoms. The lowest BCUT2D eigenvalue weighted by atomic mass is 12.0. The molecule has 0 aliphatic heterocycles. The van der Waals surface area contributed by atoms with E-state index < -0.39 is 10.5 Å². The lowest BCUT2D eigenvalue weighted by molar-refractivity contribution is 0.267. The Balaban J connectivity index is 3.48. The molecule has 1 radical (unpaired) electrons. The van der Waals surface area contributed by atoms with Crippen molar-refractivity contribution in [3.05, 3.63) is 0 Å². The highest BCUT2D eigenvalue weighted by Crippen LogP contribution is 1.87. The van der Waals surface area contributed by atoms with E-state index in [2.05, 4.69) is 10.2 Å². The third-order valence-corrected chi connectivity index (χ3v) is 0.524. The second-order valence-corrected chi connectivity index (χ2v) is 2.40. The van der Waals surface area contributed by atoms with Crippen LogP contribution in [0.4, 0.5) is 0 Å². The number of rotatable bonds is 1. The Morgan fingerprint density at radius 2 is 2.00 bits per heavy atom. The maximum Gasteiger partial charge on any atom is 0.410 e. The van der Waals surface area contributed by atoms with Crippen molar-refractivity contribution in [2.75, 3.05) is 6.26 Å². The lowest BCUT2D eigenvalue weighted by Crippen LogP contribution is -2.13. The Kier molecular flexibility index (Phi) is 1.66. The van der Waals surface area contributed by atoms with E-state index >= 15 is 0 Å². The van der Waals surface area contributed by atoms with E-state index in [1.165, 1.54) is 0 Å². The van der Waals surface area contributed by atoms with Crippen LogP contribution in [0.1, 0.15) is 0 Å². The first-order valence-electron chi connectivity index (χ1n) is 1.14. The van der Waals surface area contributed by atoms with Crippen LogP contribution in [0.3, 0.4) is 0 Å². The zero-order valence-electron chi connectivity index (χ0n) is 3.21. The molecule has 0 aliphatic carbocycles. The van der Waals surface area contributed by atoms with Gasteiger partial charge in [-0.05, 0) is 8.49 Å². The second-order valence-electron chi connectivity index (χ2n) is 0.800. The van der Waals surface area contributed by atoms with Crippen LogP contribution < -0.4 is 5.90 Å². The third-order valence-electron chi connectivity index (χ3n) is 0.175. The van der Waals surface area contributed by atoms with Gasteiger partial charge < -0.3 is 0 Å². The predicted octanol–water partition coefficient (Wildman–Crippen LogP) is -0.734. The summed E-state index contributed by atoms with van der Waals surface area (Å²) in [6.07, 6.45) is 0.868. The highest BCUT2D eigenvalue weighted by Gasteiger charge is 2.17. The van der Waals surface area contributed by atoms with Crippen LogP contribution in [0, 0.1) is 0 Å². The molecule has 0 bridgehead atoms. The molecule has 2 N–H and O–H groups in total. The van der Waals surface area contributed by atoms with Gasteiger partial charge in [0.15, 0.2) is 6.26 Å². The molecule has 0 aliphatic rings. The molecule has 0 aromatic heterocycles. The van der Waals surface area contributed by atoms with E-state index in [1.807, 2.05) is 0 Å². The summed E-state index contributed by atoms with van der Waals surface area (Å²) in [7, 11) is -3.38. The Morgan fingerprint density at radius 3 is 2.00 bits per heavy atom. The Bertz CT molecular complexity index is 74.9. The highest BCUT2D eigenvalue weighted by molar-refractivity contribution is 7.92. The van der Waals surface area contributed by atoms with Crippen molar-refractivity contribution in [1.82, 2.24) is 0 Å². The smallest absolute Gasteiger partial charge is 0.161 e. The summed E-state index contributed by atoms with van der Waals surface area (Å²) in [5.74, 6) is 4.22. The minimum absolute atomic E-state index is 0.868. The maximum absolute atomic E-state index is 9.65. The largest absolute Gasteiger partial charge is 0.410 e. The molecular formula is CH5NO3S+. The van der Waals surface area contributed by atoms with Crippen LogP contribution in [-0.4, -0.2) is 6.26 Å². The van der Waals surface area contributed by atoms with Crippen LogP contribution >= 0.6 is 0 Å². The maximum atomic E-state index is 9.65. The quantitative estimate of drug-likeness (QED) is 0.358. The molecule has 37 valence electrons. The van der Waals surface area contributed by atoms with Gasteiger partial charge in [0, 0.05) is 0 Å². The molecule has 0 heterocycles. The van der Waals surface area contributed by atoms with Gasteiger partial charge in [-0.3, -0.25) is 0 Å². The fraction of sp³-hybridized carbons (Fsp3) is 1.00. The van der Waals surface area contributed by atoms with E-state index in [0.29, 0.717) is 0 Å². The predicted molar refractivity (Wildman–Crippen MR) is 19.9 cm³/mol. The monoisotopic (exact) mass is 111 g/mol. The summed E-state index contributed by atoms with van der Waals surface area (Å²) >= 11 is 0. The molecule has 0 fully saturated rings. The molecule has 0 aromatic rings. The molecule has 1 atom stereocenters. The first kappa shape index (κ1) is 6.03. The zero-order valence-corrected chi connectivity index (χ0v) is 4.03. The van der Waals surface area contributed by atoms with E-state index in [9.17, 15) is 8.76 Å². The van der Waals surface area contributed by atoms with Crippen molar-refractivity contribution in [2.24, 2.45) is 5.90 Å². The molecule has 0 saturated carbocycles. The van der Waals surface area contributed by atoms with Gasteiger partial charge in [-0.2, -0.15) is 5.90 Å². The minimum atomic E-state index is -3.38. The average molecular weight is 111 g/mol. The topological polar surface area (TPSA) is 72.2 Å². The number of hydrogen-bond donors (Lipinski definition) is 1. The molecule has 0 saturated heterocycles. The van der Waals surface area contributed by atoms with E-state index in [4.69, 9.17) is 0 Å². The highest BCUT2D eigenvalue weighted by atomic mass is 32.3. The van der Waals surface area contributed by atoms with Crippen molar-refractivity contribution < 1.29 is 13.0 Å². The van der Waals surface area contributed by atoms with Gasteiger partial charge >= 0.3 is 10.5 Å². The molecule has 0 amide bonds. The Hall–Kier alpha value is 0.0300. The Morgan fingerprint density at radius 1 is 1.83 bits per heavy atom. The van der Waals surface area contributed by atoms with Crippen molar-refractivity contribution >= 4 is 10.5 Å². The van der Waals surface area contributed by atoms with Crippen LogP contribution in [0.25, 0.3) is 0 Å². The Labute approximate surface area is 36.7 Å². The first-order chi connectivity index (χ1) is 2.56. The van der Waals surface area contributed by atoms with E-state index in [0.717, 1.165) is 6.26 Å². The SMILES string of the molecule is C[S+]([O])(=O)ON. The molecule has 5 heteroatoms. The standard InChI is InChI=1S/CH5NO3S/c1-6(3,4)5-2/h2H2,1H3/q+1. The molecule has 4 nitrogen and oxygen atoms in total. The molecule has 0 spiro atoms. The fourth-order valence-corrected chi connectivity index (χ4v) is 0. The number of nitrogens with two attached hydrogens (primary N) is 1. The zero-order chi connectivity index (χ0) is 5.21. The molecular weight excluding hydrogens is 106 g/mol. The summed E-state index contributed by atoms with van der Waals surface area (Å²) in [5.41, 5.74) is 0. The summed E-state index contributed by atoms with van der Waals surface area (Å²) in [6, 6.07) is 0. The first-order valence-corrected chi connectivity index (χ1v) is 2.96. The van der Waals surface area contributed by atoms with Gasteiger partial charge in [0.2, 0.25) is 0 Å². The van der Waals surface area contributed by atoms with Crippen LogP contribution in [0.2, 0.25) is 0 Å². The van der Waals surface area contributed by atoms with E-state index in [-0.39, 0.29) is 0 Å². The summed E-state index contributed by atoms with van der Waals surface area (Å²) in [6.45, 7) is 0. The third kappa shape index (κ3) is 4.03. The van der Waals surface area contributed by atoms with Gasteiger partial charge in [-0.25, -0.2) is 0 Å². The van der Waals surface area contributed by atoms with Crippen molar-refractivity contribution in [3.8, 4) is 0 Å². The average Bonchev–Trinajstić information content (AvgIpc) is 1.35. The van der Waals surface area contributed by atoms with Crippen LogP contribution in [0.5, 0.6) is 0 Å². The summed E-state index contributed by atoms with van der Waals surface area (Å²) in [5, 5.41) is 0. The normalized spacial score (nSPS) is 19.8. The van der Waals surface area contributed by atoms with Gasteiger partial charge in [-0.15, -0.1) is 0 Å². The van der Waals surface area contributed by atoms with Gasteiger partial charge in [0.25, 0.3) is 0 Å². The van der Waals surface area contributed by atoms with Crippen molar-refractivity contribution in [3.63, 3.8) is 0 Å².